The quantitative estimate of drug-likeness (QED) is 0.730. The Morgan fingerprint density at radius 1 is 0.885 bits per heavy atom. The van der Waals surface area contributed by atoms with Crippen molar-refractivity contribution < 1.29 is 0 Å². The summed E-state index contributed by atoms with van der Waals surface area (Å²) in [6, 6.07) is 19.2. The highest BCUT2D eigenvalue weighted by atomic mass is 15.0. The van der Waals surface area contributed by atoms with Crippen LogP contribution in [0.4, 0.5) is 0 Å². The lowest BCUT2D eigenvalue weighted by Gasteiger charge is -2.32. The van der Waals surface area contributed by atoms with Gasteiger partial charge in [-0.05, 0) is 78.3 Å². The average Bonchev–Trinajstić information content (AvgIpc) is 3.10. The van der Waals surface area contributed by atoms with Crippen LogP contribution in [0.15, 0.2) is 54.1 Å². The van der Waals surface area contributed by atoms with Crippen LogP contribution in [0, 0.1) is 0 Å². The predicted molar refractivity (Wildman–Crippen MR) is 111 cm³/mol. The summed E-state index contributed by atoms with van der Waals surface area (Å²) < 4.78 is 0. The van der Waals surface area contributed by atoms with Gasteiger partial charge in [0.2, 0.25) is 0 Å². The highest BCUT2D eigenvalue weighted by Gasteiger charge is 2.28. The largest absolute Gasteiger partial charge is 0.307 e. The number of hydrogen-bond donors (Lipinski definition) is 1. The van der Waals surface area contributed by atoms with Crippen molar-refractivity contribution in [3.63, 3.8) is 0 Å². The number of allylic oxidation sites excluding steroid dienone is 1. The van der Waals surface area contributed by atoms with E-state index in [0.717, 1.165) is 12.8 Å². The lowest BCUT2D eigenvalue weighted by Crippen LogP contribution is -2.41. The zero-order valence-electron chi connectivity index (χ0n) is 16.2. The molecule has 1 heteroatoms. The number of fused-ring (bicyclic) bond motifs is 1. The smallest absolute Gasteiger partial charge is 0.0288 e. The summed E-state index contributed by atoms with van der Waals surface area (Å²) in [6.07, 6.45) is 8.47. The summed E-state index contributed by atoms with van der Waals surface area (Å²) in [6.45, 7) is 4.62. The molecular weight excluding hydrogens is 314 g/mol. The molecule has 136 valence electrons. The third-order valence-electron chi connectivity index (χ3n) is 6.32. The van der Waals surface area contributed by atoms with Gasteiger partial charge in [-0.1, -0.05) is 62.4 Å². The van der Waals surface area contributed by atoms with Gasteiger partial charge in [0.25, 0.3) is 0 Å². The van der Waals surface area contributed by atoms with Crippen LogP contribution in [0.3, 0.4) is 0 Å². The Morgan fingerprint density at radius 2 is 1.58 bits per heavy atom. The molecule has 2 aliphatic rings. The second-order valence-electron chi connectivity index (χ2n) is 7.85. The molecule has 4 rings (SSSR count). The molecule has 2 aliphatic carbocycles. The summed E-state index contributed by atoms with van der Waals surface area (Å²) in [5, 5.41) is 4.05. The van der Waals surface area contributed by atoms with E-state index in [1.807, 2.05) is 0 Å². The molecule has 1 N–H and O–H groups in total. The maximum absolute atomic E-state index is 4.05. The Labute approximate surface area is 158 Å². The predicted octanol–water partition coefficient (Wildman–Crippen LogP) is 5.72. The molecule has 26 heavy (non-hydrogen) atoms. The van der Waals surface area contributed by atoms with E-state index >= 15 is 0 Å². The van der Waals surface area contributed by atoms with Gasteiger partial charge < -0.3 is 5.32 Å². The van der Waals surface area contributed by atoms with Crippen molar-refractivity contribution in [3.05, 3.63) is 76.4 Å². The minimum absolute atomic E-state index is 0.549. The van der Waals surface area contributed by atoms with E-state index in [0.29, 0.717) is 12.1 Å². The van der Waals surface area contributed by atoms with Gasteiger partial charge in [0.05, 0.1) is 0 Å². The number of benzene rings is 2. The van der Waals surface area contributed by atoms with E-state index in [4.69, 9.17) is 0 Å². The minimum atomic E-state index is 0.549. The number of rotatable bonds is 5. The van der Waals surface area contributed by atoms with Crippen LogP contribution in [-0.2, 0) is 19.3 Å². The number of aryl methyl sites for hydroxylation is 1. The van der Waals surface area contributed by atoms with E-state index in [9.17, 15) is 0 Å². The Balaban J connectivity index is 1.59. The van der Waals surface area contributed by atoms with Gasteiger partial charge in [-0.3, -0.25) is 0 Å². The van der Waals surface area contributed by atoms with Gasteiger partial charge in [0, 0.05) is 12.1 Å². The van der Waals surface area contributed by atoms with Gasteiger partial charge in [-0.2, -0.15) is 0 Å². The molecule has 0 aliphatic heterocycles. The zero-order chi connectivity index (χ0) is 17.9. The SMILES string of the molecule is CCC1=C(c2ccccc2CC)CCCC1NC1Cc2ccccc2C1. The Bertz CT molecular complexity index is 776. The second-order valence-corrected chi connectivity index (χ2v) is 7.85. The lowest BCUT2D eigenvalue weighted by molar-refractivity contribution is 0.429. The fourth-order valence-corrected chi connectivity index (χ4v) is 5.06. The number of nitrogens with one attached hydrogen (secondary N) is 1. The molecule has 0 saturated heterocycles. The van der Waals surface area contributed by atoms with Crippen molar-refractivity contribution >= 4 is 5.57 Å². The van der Waals surface area contributed by atoms with E-state index in [1.165, 1.54) is 43.2 Å². The van der Waals surface area contributed by atoms with Gasteiger partial charge in [-0.15, -0.1) is 0 Å². The first-order chi connectivity index (χ1) is 12.8. The highest BCUT2D eigenvalue weighted by molar-refractivity contribution is 5.73. The number of hydrogen-bond acceptors (Lipinski definition) is 1. The van der Waals surface area contributed by atoms with Gasteiger partial charge in [-0.25, -0.2) is 0 Å². The highest BCUT2D eigenvalue weighted by Crippen LogP contribution is 2.36. The second kappa shape index (κ2) is 7.80. The standard InChI is InChI=1S/C25H31N/c1-3-18-10-7-8-13-23(18)24-14-9-15-25(22(24)4-2)26-21-16-19-11-5-6-12-20(19)17-21/h5-8,10-13,21,25-26H,3-4,9,14-17H2,1-2H3. The first-order valence-corrected chi connectivity index (χ1v) is 10.4. The molecule has 0 radical (unpaired) electrons. The summed E-state index contributed by atoms with van der Waals surface area (Å²) in [5.74, 6) is 0. The molecule has 0 spiro atoms. The molecule has 0 amide bonds. The van der Waals surface area contributed by atoms with Crippen molar-refractivity contribution in [2.75, 3.05) is 0 Å². The van der Waals surface area contributed by atoms with Crippen molar-refractivity contribution in [1.82, 2.24) is 5.32 Å². The normalized spacial score (nSPS) is 20.5. The molecule has 2 aromatic rings. The molecule has 1 unspecified atom stereocenters. The molecule has 1 nitrogen and oxygen atoms in total. The molecule has 0 aromatic heterocycles. The first-order valence-electron chi connectivity index (χ1n) is 10.4. The molecule has 0 bridgehead atoms. The van der Waals surface area contributed by atoms with Crippen molar-refractivity contribution in [2.24, 2.45) is 0 Å². The molecule has 0 saturated carbocycles. The van der Waals surface area contributed by atoms with Crippen LogP contribution in [0.2, 0.25) is 0 Å². The average molecular weight is 346 g/mol. The lowest BCUT2D eigenvalue weighted by atomic mass is 9.81. The summed E-state index contributed by atoms with van der Waals surface area (Å²) in [5.41, 5.74) is 9.38. The van der Waals surface area contributed by atoms with Crippen molar-refractivity contribution in [1.29, 1.82) is 0 Å². The molecule has 0 heterocycles. The maximum atomic E-state index is 4.05. The Hall–Kier alpha value is -1.86. The summed E-state index contributed by atoms with van der Waals surface area (Å²) >= 11 is 0. The molecule has 2 aromatic carbocycles. The summed E-state index contributed by atoms with van der Waals surface area (Å²) in [4.78, 5) is 0. The Kier molecular flexibility index (Phi) is 5.26. The van der Waals surface area contributed by atoms with Crippen LogP contribution in [0.1, 0.15) is 61.8 Å². The van der Waals surface area contributed by atoms with Crippen LogP contribution in [-0.4, -0.2) is 12.1 Å². The molecule has 0 fully saturated rings. The van der Waals surface area contributed by atoms with Crippen LogP contribution in [0.25, 0.3) is 5.57 Å². The van der Waals surface area contributed by atoms with E-state index in [-0.39, 0.29) is 0 Å². The van der Waals surface area contributed by atoms with E-state index in [2.05, 4.69) is 67.7 Å². The zero-order valence-corrected chi connectivity index (χ0v) is 16.2. The Morgan fingerprint density at radius 3 is 2.27 bits per heavy atom. The van der Waals surface area contributed by atoms with E-state index < -0.39 is 0 Å². The topological polar surface area (TPSA) is 12.0 Å². The van der Waals surface area contributed by atoms with Gasteiger partial charge in [0.1, 0.15) is 0 Å². The van der Waals surface area contributed by atoms with Crippen molar-refractivity contribution in [2.45, 2.75) is 70.9 Å². The van der Waals surface area contributed by atoms with Crippen LogP contribution < -0.4 is 5.32 Å². The van der Waals surface area contributed by atoms with Gasteiger partial charge >= 0.3 is 0 Å². The van der Waals surface area contributed by atoms with Gasteiger partial charge in [0.15, 0.2) is 0 Å². The van der Waals surface area contributed by atoms with Crippen molar-refractivity contribution in [3.8, 4) is 0 Å². The monoisotopic (exact) mass is 345 g/mol. The van der Waals surface area contributed by atoms with E-state index in [1.54, 1.807) is 22.3 Å². The fourth-order valence-electron chi connectivity index (χ4n) is 5.06. The fraction of sp³-hybridized carbons (Fsp3) is 0.440. The first kappa shape index (κ1) is 17.5. The maximum Gasteiger partial charge on any atom is 0.0288 e. The molecule has 1 atom stereocenters. The summed E-state index contributed by atoms with van der Waals surface area (Å²) in [7, 11) is 0. The molecular formula is C25H31N. The van der Waals surface area contributed by atoms with Crippen LogP contribution >= 0.6 is 0 Å². The third kappa shape index (κ3) is 3.38. The van der Waals surface area contributed by atoms with Crippen LogP contribution in [0.5, 0.6) is 0 Å². The minimum Gasteiger partial charge on any atom is -0.307 e. The third-order valence-corrected chi connectivity index (χ3v) is 6.32.